The van der Waals surface area contributed by atoms with E-state index in [1.165, 1.54) is 7.11 Å². The number of aryl methyl sites for hydroxylation is 2. The lowest BCUT2D eigenvalue weighted by Crippen LogP contribution is -2.15. The van der Waals surface area contributed by atoms with Gasteiger partial charge in [-0.2, -0.15) is 0 Å². The van der Waals surface area contributed by atoms with Crippen molar-refractivity contribution < 1.29 is 14.3 Å². The Balaban J connectivity index is 2.19. The number of ether oxygens (including phenoxy) is 1. The van der Waals surface area contributed by atoms with Crippen LogP contribution in [0.4, 0.5) is 5.13 Å². The van der Waals surface area contributed by atoms with Gasteiger partial charge in [0, 0.05) is 13.2 Å². The summed E-state index contributed by atoms with van der Waals surface area (Å²) in [6, 6.07) is 3.49. The normalized spacial score (nSPS) is 10.3. The number of amides is 1. The van der Waals surface area contributed by atoms with Crippen LogP contribution in [-0.4, -0.2) is 28.5 Å². The van der Waals surface area contributed by atoms with Crippen LogP contribution in [0.25, 0.3) is 0 Å². The quantitative estimate of drug-likeness (QED) is 0.870. The predicted molar refractivity (Wildman–Crippen MR) is 71.6 cm³/mol. The Morgan fingerprint density at radius 3 is 2.79 bits per heavy atom. The van der Waals surface area contributed by atoms with E-state index in [2.05, 4.69) is 15.0 Å². The zero-order valence-electron chi connectivity index (χ0n) is 10.8. The van der Waals surface area contributed by atoms with Gasteiger partial charge in [0.25, 0.3) is 5.91 Å². The van der Waals surface area contributed by atoms with E-state index in [9.17, 15) is 9.59 Å². The van der Waals surface area contributed by atoms with E-state index in [1.807, 2.05) is 0 Å². The molecule has 0 aromatic carbocycles. The van der Waals surface area contributed by atoms with Gasteiger partial charge in [-0.1, -0.05) is 11.3 Å². The number of carbonyl (C=O) groups is 2. The van der Waals surface area contributed by atoms with E-state index in [4.69, 9.17) is 0 Å². The fraction of sp³-hybridized carbons (Fsp3) is 0.250. The number of nitrogens with one attached hydrogen (secondary N) is 1. The van der Waals surface area contributed by atoms with Crippen LogP contribution in [0.1, 0.15) is 25.9 Å². The minimum Gasteiger partial charge on any atom is -0.465 e. The molecule has 0 fully saturated rings. The Bertz CT molecular complexity index is 630. The Hall–Kier alpha value is -2.15. The summed E-state index contributed by atoms with van der Waals surface area (Å²) in [7, 11) is 3.09. The second-order valence-corrected chi connectivity index (χ2v) is 4.88. The Morgan fingerprint density at radius 1 is 1.47 bits per heavy atom. The van der Waals surface area contributed by atoms with Gasteiger partial charge in [0.05, 0.1) is 12.8 Å². The van der Waals surface area contributed by atoms with Gasteiger partial charge in [-0.15, -0.1) is 0 Å². The van der Waals surface area contributed by atoms with Gasteiger partial charge >= 0.3 is 5.97 Å². The highest BCUT2D eigenvalue weighted by Crippen LogP contribution is 2.23. The molecule has 0 bridgehead atoms. The molecule has 1 amide bonds. The van der Waals surface area contributed by atoms with E-state index in [-0.39, 0.29) is 5.91 Å². The van der Waals surface area contributed by atoms with E-state index < -0.39 is 5.97 Å². The number of anilines is 1. The maximum atomic E-state index is 12.0. The first-order valence-electron chi connectivity index (χ1n) is 5.51. The molecule has 6 nitrogen and oxygen atoms in total. The third-order valence-corrected chi connectivity index (χ3v) is 3.62. The number of carbonyl (C=O) groups excluding carboxylic acids is 2. The van der Waals surface area contributed by atoms with Crippen molar-refractivity contribution in [1.82, 2.24) is 9.55 Å². The van der Waals surface area contributed by atoms with E-state index in [1.54, 1.807) is 36.9 Å². The third kappa shape index (κ3) is 2.65. The van der Waals surface area contributed by atoms with Crippen LogP contribution in [0.5, 0.6) is 0 Å². The summed E-state index contributed by atoms with van der Waals surface area (Å²) in [5.74, 6) is -0.716. The maximum Gasteiger partial charge on any atom is 0.350 e. The first-order valence-corrected chi connectivity index (χ1v) is 6.33. The minimum atomic E-state index is -0.450. The average molecular weight is 279 g/mol. The lowest BCUT2D eigenvalue weighted by molar-refractivity contribution is 0.0605. The van der Waals surface area contributed by atoms with E-state index >= 15 is 0 Å². The molecule has 0 aliphatic rings. The van der Waals surface area contributed by atoms with Crippen molar-refractivity contribution in [2.24, 2.45) is 7.05 Å². The molecular weight excluding hydrogens is 266 g/mol. The minimum absolute atomic E-state index is 0.266. The topological polar surface area (TPSA) is 73.2 Å². The Morgan fingerprint density at radius 2 is 2.21 bits per heavy atom. The van der Waals surface area contributed by atoms with Crippen molar-refractivity contribution >= 4 is 28.3 Å². The van der Waals surface area contributed by atoms with Crippen molar-refractivity contribution in [3.05, 3.63) is 34.6 Å². The Labute approximate surface area is 114 Å². The highest BCUT2D eigenvalue weighted by Gasteiger charge is 2.18. The monoisotopic (exact) mass is 279 g/mol. The second kappa shape index (κ2) is 5.23. The molecule has 0 radical (unpaired) electrons. The summed E-state index contributed by atoms with van der Waals surface area (Å²) in [6.45, 7) is 1.70. The van der Waals surface area contributed by atoms with Crippen molar-refractivity contribution in [2.45, 2.75) is 6.92 Å². The number of methoxy groups -OCH3 is 1. The molecular formula is C12H13N3O3S. The zero-order valence-corrected chi connectivity index (χ0v) is 11.6. The van der Waals surface area contributed by atoms with Gasteiger partial charge in [-0.05, 0) is 19.1 Å². The number of nitrogens with zero attached hydrogens (tertiary/aromatic N) is 2. The SMILES string of the molecule is COC(=O)c1sc(NC(=O)c2cccn2C)nc1C. The predicted octanol–water partition coefficient (Wildman–Crippen LogP) is 1.83. The van der Waals surface area contributed by atoms with Crippen molar-refractivity contribution in [1.29, 1.82) is 0 Å². The number of hydrogen-bond donors (Lipinski definition) is 1. The molecule has 19 heavy (non-hydrogen) atoms. The molecule has 2 aromatic heterocycles. The van der Waals surface area contributed by atoms with E-state index in [0.717, 1.165) is 11.3 Å². The first-order chi connectivity index (χ1) is 9.02. The standard InChI is InChI=1S/C12H13N3O3S/c1-7-9(11(17)18-3)19-12(13-7)14-10(16)8-5-4-6-15(8)2/h4-6H,1-3H3,(H,13,14,16). The summed E-state index contributed by atoms with van der Waals surface area (Å²) in [5, 5.41) is 3.04. The lowest BCUT2D eigenvalue weighted by Gasteiger charge is -2.02. The molecule has 7 heteroatoms. The molecule has 2 heterocycles. The van der Waals surface area contributed by atoms with Gasteiger partial charge in [-0.25, -0.2) is 9.78 Å². The number of rotatable bonds is 3. The first kappa shape index (κ1) is 13.3. The molecule has 1 N–H and O–H groups in total. The van der Waals surface area contributed by atoms with Gasteiger partial charge in [-0.3, -0.25) is 10.1 Å². The fourth-order valence-electron chi connectivity index (χ4n) is 1.59. The van der Waals surface area contributed by atoms with Crippen LogP contribution in [0.2, 0.25) is 0 Å². The summed E-state index contributed by atoms with van der Waals surface area (Å²) >= 11 is 1.10. The lowest BCUT2D eigenvalue weighted by atomic mass is 10.4. The summed E-state index contributed by atoms with van der Waals surface area (Å²) < 4.78 is 6.35. The molecule has 0 saturated carbocycles. The van der Waals surface area contributed by atoms with Crippen LogP contribution in [0, 0.1) is 6.92 Å². The molecule has 0 atom stereocenters. The number of hydrogen-bond acceptors (Lipinski definition) is 5. The zero-order chi connectivity index (χ0) is 14.0. The van der Waals surface area contributed by atoms with Crippen molar-refractivity contribution in [3.8, 4) is 0 Å². The van der Waals surface area contributed by atoms with Crippen LogP contribution < -0.4 is 5.32 Å². The van der Waals surface area contributed by atoms with Crippen molar-refractivity contribution in [2.75, 3.05) is 12.4 Å². The summed E-state index contributed by atoms with van der Waals surface area (Å²) in [6.07, 6.45) is 1.78. The van der Waals surface area contributed by atoms with Crippen LogP contribution in [-0.2, 0) is 11.8 Å². The Kier molecular flexibility index (Phi) is 3.66. The molecule has 2 rings (SSSR count). The van der Waals surface area contributed by atoms with Gasteiger partial charge < -0.3 is 9.30 Å². The molecule has 0 unspecified atom stereocenters. The van der Waals surface area contributed by atoms with Gasteiger partial charge in [0.2, 0.25) is 0 Å². The number of esters is 1. The summed E-state index contributed by atoms with van der Waals surface area (Å²) in [5.41, 5.74) is 1.06. The van der Waals surface area contributed by atoms with Crippen LogP contribution in [0.15, 0.2) is 18.3 Å². The highest BCUT2D eigenvalue weighted by molar-refractivity contribution is 7.17. The molecule has 0 spiro atoms. The van der Waals surface area contributed by atoms with E-state index in [0.29, 0.717) is 21.4 Å². The second-order valence-electron chi connectivity index (χ2n) is 3.88. The fourth-order valence-corrected chi connectivity index (χ4v) is 2.47. The van der Waals surface area contributed by atoms with Crippen LogP contribution in [0.3, 0.4) is 0 Å². The highest BCUT2D eigenvalue weighted by atomic mass is 32.1. The molecule has 100 valence electrons. The molecule has 0 aliphatic carbocycles. The van der Waals surface area contributed by atoms with Crippen LogP contribution >= 0.6 is 11.3 Å². The molecule has 0 saturated heterocycles. The number of thiazole rings is 1. The number of aromatic nitrogens is 2. The van der Waals surface area contributed by atoms with Gasteiger partial charge in [0.15, 0.2) is 5.13 Å². The summed E-state index contributed by atoms with van der Waals surface area (Å²) in [4.78, 5) is 28.0. The largest absolute Gasteiger partial charge is 0.465 e. The maximum absolute atomic E-state index is 12.0. The smallest absolute Gasteiger partial charge is 0.350 e. The third-order valence-electron chi connectivity index (χ3n) is 2.56. The van der Waals surface area contributed by atoms with Crippen molar-refractivity contribution in [3.63, 3.8) is 0 Å². The average Bonchev–Trinajstić information content (AvgIpc) is 2.94. The molecule has 0 aliphatic heterocycles. The molecule has 2 aromatic rings. The van der Waals surface area contributed by atoms with Gasteiger partial charge in [0.1, 0.15) is 10.6 Å².